The normalized spacial score (nSPS) is 20.9. The molecule has 3 heterocycles. The first kappa shape index (κ1) is 25.9. The molecule has 35 heavy (non-hydrogen) atoms. The minimum absolute atomic E-state index is 0.204. The summed E-state index contributed by atoms with van der Waals surface area (Å²) < 4.78 is 25.9. The molecule has 0 aliphatic carbocycles. The topological polar surface area (TPSA) is 147 Å². The molecule has 2 amide bonds. The van der Waals surface area contributed by atoms with Gasteiger partial charge in [-0.15, -0.1) is 9.03 Å². The Morgan fingerprint density at radius 2 is 1.97 bits per heavy atom. The van der Waals surface area contributed by atoms with Crippen molar-refractivity contribution in [3.63, 3.8) is 0 Å². The SMILES string of the molecule is Cn1c(=O)n(C2CCC(=O)NC2=O)c2cccc(CCCOCCN[S+]([O-])N3CCC(N)CC3)c21. The maximum Gasteiger partial charge on any atom is 0.329 e. The van der Waals surface area contributed by atoms with Gasteiger partial charge in [-0.05, 0) is 43.7 Å². The van der Waals surface area contributed by atoms with Crippen LogP contribution in [0.4, 0.5) is 0 Å². The summed E-state index contributed by atoms with van der Waals surface area (Å²) in [6.45, 7) is 2.95. The van der Waals surface area contributed by atoms with Crippen LogP contribution in [0.15, 0.2) is 23.0 Å². The van der Waals surface area contributed by atoms with Crippen molar-refractivity contribution in [2.24, 2.45) is 12.8 Å². The van der Waals surface area contributed by atoms with Crippen LogP contribution in [0.1, 0.15) is 43.7 Å². The molecule has 0 spiro atoms. The van der Waals surface area contributed by atoms with E-state index < -0.39 is 23.5 Å². The van der Waals surface area contributed by atoms with Crippen LogP contribution in [0, 0.1) is 0 Å². The zero-order valence-corrected chi connectivity index (χ0v) is 20.8. The number of imidazole rings is 1. The smallest absolute Gasteiger partial charge is 0.329 e. The fourth-order valence-corrected chi connectivity index (χ4v) is 5.73. The van der Waals surface area contributed by atoms with Gasteiger partial charge < -0.3 is 15.0 Å². The zero-order valence-electron chi connectivity index (χ0n) is 20.0. The number of hydrogen-bond donors (Lipinski definition) is 3. The Bertz CT molecular complexity index is 1110. The molecule has 4 rings (SSSR count). The molecule has 0 bridgehead atoms. The summed E-state index contributed by atoms with van der Waals surface area (Å²) in [5.41, 5.74) is 8.10. The Labute approximate surface area is 207 Å². The Morgan fingerprint density at radius 3 is 2.71 bits per heavy atom. The van der Waals surface area contributed by atoms with Gasteiger partial charge in [-0.1, -0.05) is 12.1 Å². The lowest BCUT2D eigenvalue weighted by Crippen LogP contribution is -2.48. The highest BCUT2D eigenvalue weighted by molar-refractivity contribution is 7.87. The van der Waals surface area contributed by atoms with Crippen molar-refractivity contribution in [3.8, 4) is 0 Å². The summed E-state index contributed by atoms with van der Waals surface area (Å²) in [5.74, 6) is -0.744. The van der Waals surface area contributed by atoms with Gasteiger partial charge in [0.2, 0.25) is 11.8 Å². The third-order valence-electron chi connectivity index (χ3n) is 6.65. The van der Waals surface area contributed by atoms with Gasteiger partial charge in [0.1, 0.15) is 17.6 Å². The summed E-state index contributed by atoms with van der Waals surface area (Å²) >= 11 is -1.22. The molecule has 4 N–H and O–H groups in total. The molecule has 2 saturated heterocycles. The average Bonchev–Trinajstić information content (AvgIpc) is 3.09. The molecular formula is C23H34N6O5S. The molecule has 1 aromatic carbocycles. The number of imide groups is 1. The Kier molecular flexibility index (Phi) is 8.63. The van der Waals surface area contributed by atoms with Crippen LogP contribution in [-0.2, 0) is 39.3 Å². The van der Waals surface area contributed by atoms with E-state index in [1.54, 1.807) is 11.6 Å². The number of para-hydroxylation sites is 1. The first-order chi connectivity index (χ1) is 16.9. The largest absolute Gasteiger partial charge is 0.579 e. The number of nitrogens with zero attached hydrogens (tertiary/aromatic N) is 3. The van der Waals surface area contributed by atoms with Crippen LogP contribution < -0.4 is 21.5 Å². The zero-order chi connectivity index (χ0) is 24.9. The summed E-state index contributed by atoms with van der Waals surface area (Å²) in [7, 11) is 1.70. The van der Waals surface area contributed by atoms with Crippen molar-refractivity contribution >= 4 is 34.4 Å². The van der Waals surface area contributed by atoms with Crippen molar-refractivity contribution in [1.82, 2.24) is 23.5 Å². The van der Waals surface area contributed by atoms with E-state index in [2.05, 4.69) is 10.0 Å². The number of carbonyl (C=O) groups excluding carboxylic acids is 2. The van der Waals surface area contributed by atoms with Crippen molar-refractivity contribution in [1.29, 1.82) is 0 Å². The third kappa shape index (κ3) is 5.96. The Balaban J connectivity index is 1.28. The summed E-state index contributed by atoms with van der Waals surface area (Å²) in [4.78, 5) is 36.9. The molecule has 0 saturated carbocycles. The first-order valence-electron chi connectivity index (χ1n) is 12.1. The lowest BCUT2D eigenvalue weighted by molar-refractivity contribution is -0.135. The van der Waals surface area contributed by atoms with E-state index in [1.807, 2.05) is 22.5 Å². The third-order valence-corrected chi connectivity index (χ3v) is 7.93. The highest BCUT2D eigenvalue weighted by Crippen LogP contribution is 2.25. The van der Waals surface area contributed by atoms with Crippen LogP contribution >= 0.6 is 0 Å². The van der Waals surface area contributed by atoms with E-state index >= 15 is 0 Å². The molecule has 192 valence electrons. The van der Waals surface area contributed by atoms with E-state index in [0.717, 1.165) is 43.4 Å². The fourth-order valence-electron chi connectivity index (χ4n) is 4.75. The van der Waals surface area contributed by atoms with Crippen LogP contribution in [0.5, 0.6) is 0 Å². The molecule has 12 heteroatoms. The molecule has 2 aromatic rings. The van der Waals surface area contributed by atoms with E-state index in [4.69, 9.17) is 10.5 Å². The van der Waals surface area contributed by atoms with E-state index in [1.165, 1.54) is 4.57 Å². The quantitative estimate of drug-likeness (QED) is 0.229. The van der Waals surface area contributed by atoms with E-state index in [0.29, 0.717) is 38.1 Å². The number of nitrogens with one attached hydrogen (secondary N) is 2. The van der Waals surface area contributed by atoms with Crippen molar-refractivity contribution in [2.45, 2.75) is 50.6 Å². The molecule has 2 aliphatic rings. The molecule has 1 aromatic heterocycles. The summed E-state index contributed by atoms with van der Waals surface area (Å²) in [5, 5.41) is 2.33. The van der Waals surface area contributed by atoms with Gasteiger partial charge in [0.25, 0.3) is 0 Å². The molecule has 2 atom stereocenters. The van der Waals surface area contributed by atoms with E-state index in [-0.39, 0.29) is 24.1 Å². The molecule has 2 fully saturated rings. The van der Waals surface area contributed by atoms with Gasteiger partial charge >= 0.3 is 5.69 Å². The van der Waals surface area contributed by atoms with Crippen LogP contribution in [0.2, 0.25) is 0 Å². The summed E-state index contributed by atoms with van der Waals surface area (Å²) in [6.07, 6.45) is 3.70. The maximum atomic E-state index is 13.0. The number of fused-ring (bicyclic) bond motifs is 1. The van der Waals surface area contributed by atoms with Gasteiger partial charge in [-0.25, -0.2) is 4.79 Å². The molecule has 2 unspecified atom stereocenters. The number of amides is 2. The minimum atomic E-state index is -1.22. The van der Waals surface area contributed by atoms with Gasteiger partial charge in [0.15, 0.2) is 0 Å². The van der Waals surface area contributed by atoms with Gasteiger partial charge in [-0.2, -0.15) is 0 Å². The second kappa shape index (κ2) is 11.7. The summed E-state index contributed by atoms with van der Waals surface area (Å²) in [6, 6.07) is 5.21. The number of rotatable bonds is 10. The van der Waals surface area contributed by atoms with Crippen LogP contribution in [-0.4, -0.2) is 68.7 Å². The van der Waals surface area contributed by atoms with Crippen LogP contribution in [0.25, 0.3) is 11.0 Å². The molecular weight excluding hydrogens is 472 g/mol. The van der Waals surface area contributed by atoms with E-state index in [9.17, 15) is 18.9 Å². The number of nitrogens with two attached hydrogens (primary N) is 1. The number of piperidine rings is 2. The van der Waals surface area contributed by atoms with Gasteiger partial charge in [-0.3, -0.25) is 24.0 Å². The lowest BCUT2D eigenvalue weighted by atomic mass is 10.0. The predicted octanol–water partition coefficient (Wildman–Crippen LogP) is -0.142. The first-order valence-corrected chi connectivity index (χ1v) is 13.2. The standard InChI is InChI=1S/C23H34N6O5S/c1-27-21-16(5-3-14-34-15-11-25-35(33)28-12-9-17(24)10-13-28)4-2-6-18(21)29(23(27)32)19-7-8-20(30)26-22(19)31/h2,4,6,17,19,25H,3,5,7-15,24H2,1H3,(H,26,30,31). The van der Waals surface area contributed by atoms with Crippen molar-refractivity contribution in [2.75, 3.05) is 32.8 Å². The Hall–Kier alpha value is -2.22. The van der Waals surface area contributed by atoms with Crippen molar-refractivity contribution in [3.05, 3.63) is 34.2 Å². The number of aryl methyl sites for hydroxylation is 2. The lowest BCUT2D eigenvalue weighted by Gasteiger charge is -2.29. The number of carbonyl (C=O) groups is 2. The minimum Gasteiger partial charge on any atom is -0.579 e. The monoisotopic (exact) mass is 506 g/mol. The maximum absolute atomic E-state index is 13.0. The van der Waals surface area contributed by atoms with Crippen molar-refractivity contribution < 1.29 is 18.9 Å². The molecule has 0 radical (unpaired) electrons. The number of aromatic nitrogens is 2. The molecule has 11 nitrogen and oxygen atoms in total. The van der Waals surface area contributed by atoms with Gasteiger partial charge in [0.05, 0.1) is 24.2 Å². The number of hydrogen-bond acceptors (Lipinski definition) is 8. The Morgan fingerprint density at radius 1 is 1.20 bits per heavy atom. The average molecular weight is 507 g/mol. The molecule has 2 aliphatic heterocycles. The second-order valence-corrected chi connectivity index (χ2v) is 10.4. The fraction of sp³-hybridized carbons (Fsp3) is 0.609. The highest BCUT2D eigenvalue weighted by Gasteiger charge is 2.31. The number of benzene rings is 1. The van der Waals surface area contributed by atoms with Gasteiger partial charge in [0, 0.05) is 39.2 Å². The second-order valence-electron chi connectivity index (χ2n) is 9.09. The number of ether oxygens (including phenoxy) is 1. The van der Waals surface area contributed by atoms with Crippen LogP contribution in [0.3, 0.4) is 0 Å². The highest BCUT2D eigenvalue weighted by atomic mass is 32.2. The predicted molar refractivity (Wildman–Crippen MR) is 133 cm³/mol.